The maximum atomic E-state index is 13.7. The quantitative estimate of drug-likeness (QED) is 0.625. The van der Waals surface area contributed by atoms with E-state index in [0.717, 1.165) is 5.02 Å². The molecule has 1 aromatic heterocycles. The summed E-state index contributed by atoms with van der Waals surface area (Å²) >= 11 is 5.54. The molecule has 0 spiro atoms. The van der Waals surface area contributed by atoms with Gasteiger partial charge in [0.15, 0.2) is 0 Å². The van der Waals surface area contributed by atoms with E-state index in [0.29, 0.717) is 5.69 Å². The van der Waals surface area contributed by atoms with Gasteiger partial charge in [-0.3, -0.25) is 14.7 Å². The number of nitrogens with zero attached hydrogens (tertiary/aromatic N) is 1. The Morgan fingerprint density at radius 3 is 2.37 bits per heavy atom. The second kappa shape index (κ2) is 10.1. The van der Waals surface area contributed by atoms with E-state index in [-0.39, 0.29) is 24.1 Å². The number of aromatic nitrogens is 2. The number of halogens is 2. The molecule has 2 amide bonds. The highest BCUT2D eigenvalue weighted by atomic mass is 35.5. The Morgan fingerprint density at radius 1 is 1.11 bits per heavy atom. The highest BCUT2D eigenvalue weighted by molar-refractivity contribution is 6.30. The highest BCUT2D eigenvalue weighted by Gasteiger charge is 2.17. The summed E-state index contributed by atoms with van der Waals surface area (Å²) in [5, 5.41) is 9.68. The summed E-state index contributed by atoms with van der Waals surface area (Å²) in [5.41, 5.74) is 5.73. The lowest BCUT2D eigenvalue weighted by molar-refractivity contribution is -0.117. The van der Waals surface area contributed by atoms with Gasteiger partial charge in [0.05, 0.1) is 17.5 Å². The fourth-order valence-corrected chi connectivity index (χ4v) is 2.28. The molecule has 4 N–H and O–H groups in total. The normalized spacial score (nSPS) is 9.85. The first-order chi connectivity index (χ1) is 13.0. The summed E-state index contributed by atoms with van der Waals surface area (Å²) in [5.74, 6) is -1.41. The minimum Gasteiger partial charge on any atom is -0.370 e. The lowest BCUT2D eigenvalue weighted by Gasteiger charge is -2.05. The molecule has 3 aromatic rings. The zero-order valence-electron chi connectivity index (χ0n) is 14.3. The molecule has 0 aliphatic heterocycles. The zero-order chi connectivity index (χ0) is 19.6. The molecule has 2 aromatic carbocycles. The molecule has 1 heterocycles. The number of rotatable bonds is 5. The first-order valence-corrected chi connectivity index (χ1v) is 8.42. The number of amides is 2. The van der Waals surface area contributed by atoms with Crippen LogP contribution in [-0.2, 0) is 4.79 Å². The molecule has 0 atom stereocenters. The molecule has 0 saturated carbocycles. The smallest absolute Gasteiger partial charge is 0.255 e. The van der Waals surface area contributed by atoms with Crippen molar-refractivity contribution in [2.45, 2.75) is 6.42 Å². The van der Waals surface area contributed by atoms with Crippen LogP contribution >= 0.6 is 11.6 Å². The van der Waals surface area contributed by atoms with Crippen LogP contribution in [0.1, 0.15) is 16.8 Å². The first-order valence-electron chi connectivity index (χ1n) is 8.04. The van der Waals surface area contributed by atoms with E-state index in [4.69, 9.17) is 17.3 Å². The van der Waals surface area contributed by atoms with Crippen LogP contribution in [-0.4, -0.2) is 28.6 Å². The fourth-order valence-electron chi connectivity index (χ4n) is 2.14. The van der Waals surface area contributed by atoms with Crippen molar-refractivity contribution >= 4 is 23.4 Å². The maximum Gasteiger partial charge on any atom is 0.255 e. The number of benzene rings is 2. The van der Waals surface area contributed by atoms with E-state index < -0.39 is 17.6 Å². The van der Waals surface area contributed by atoms with Gasteiger partial charge in [-0.2, -0.15) is 5.10 Å². The Labute approximate surface area is 160 Å². The topological polar surface area (TPSA) is 101 Å². The largest absolute Gasteiger partial charge is 0.370 e. The molecule has 0 aliphatic carbocycles. The Hall–Kier alpha value is -3.19. The molecule has 8 heteroatoms. The Balaban J connectivity index is 0.000000313. The van der Waals surface area contributed by atoms with Gasteiger partial charge in [0.1, 0.15) is 5.82 Å². The van der Waals surface area contributed by atoms with E-state index in [2.05, 4.69) is 15.5 Å². The Kier molecular flexibility index (Phi) is 7.51. The molecule has 3 rings (SSSR count). The van der Waals surface area contributed by atoms with Crippen molar-refractivity contribution in [3.05, 3.63) is 77.2 Å². The number of nitrogens with one attached hydrogen (secondary N) is 2. The van der Waals surface area contributed by atoms with E-state index in [9.17, 15) is 14.0 Å². The van der Waals surface area contributed by atoms with Gasteiger partial charge in [-0.05, 0) is 24.3 Å². The molecule has 6 nitrogen and oxygen atoms in total. The van der Waals surface area contributed by atoms with Crippen LogP contribution in [0.5, 0.6) is 0 Å². The van der Waals surface area contributed by atoms with Gasteiger partial charge in [0.25, 0.3) is 5.91 Å². The Morgan fingerprint density at radius 2 is 1.78 bits per heavy atom. The van der Waals surface area contributed by atoms with Crippen molar-refractivity contribution < 1.29 is 14.0 Å². The van der Waals surface area contributed by atoms with Gasteiger partial charge >= 0.3 is 0 Å². The SMILES string of the molecule is Clc1ccccc1.NC(=O)CCNC(=O)c1cn[nH]c1-c1ccccc1F. The van der Waals surface area contributed by atoms with Gasteiger partial charge in [-0.25, -0.2) is 4.39 Å². The molecule has 27 heavy (non-hydrogen) atoms. The van der Waals surface area contributed by atoms with Crippen molar-refractivity contribution in [1.29, 1.82) is 0 Å². The van der Waals surface area contributed by atoms with E-state index in [1.807, 2.05) is 30.3 Å². The number of hydrogen-bond acceptors (Lipinski definition) is 3. The third-order valence-electron chi connectivity index (χ3n) is 3.42. The van der Waals surface area contributed by atoms with Crippen LogP contribution in [0, 0.1) is 5.82 Å². The minimum atomic E-state index is -0.508. The second-order valence-corrected chi connectivity index (χ2v) is 5.84. The molecule has 0 bridgehead atoms. The van der Waals surface area contributed by atoms with Crippen molar-refractivity contribution in [3.8, 4) is 11.3 Å². The average Bonchev–Trinajstić information content (AvgIpc) is 3.12. The second-order valence-electron chi connectivity index (χ2n) is 5.41. The molecular weight excluding hydrogens is 371 g/mol. The lowest BCUT2D eigenvalue weighted by atomic mass is 10.1. The van der Waals surface area contributed by atoms with Crippen LogP contribution in [0.2, 0.25) is 5.02 Å². The summed E-state index contributed by atoms with van der Waals surface area (Å²) < 4.78 is 13.7. The lowest BCUT2D eigenvalue weighted by Crippen LogP contribution is -2.28. The number of H-pyrrole nitrogens is 1. The molecule has 0 radical (unpaired) electrons. The van der Waals surface area contributed by atoms with Crippen LogP contribution in [0.15, 0.2) is 60.8 Å². The number of carbonyl (C=O) groups excluding carboxylic acids is 2. The molecular formula is C19H18ClFN4O2. The van der Waals surface area contributed by atoms with Crippen molar-refractivity contribution in [1.82, 2.24) is 15.5 Å². The van der Waals surface area contributed by atoms with E-state index in [1.54, 1.807) is 18.2 Å². The predicted octanol–water partition coefficient (Wildman–Crippen LogP) is 3.16. The first kappa shape index (κ1) is 20.1. The molecule has 140 valence electrons. The van der Waals surface area contributed by atoms with Crippen molar-refractivity contribution in [3.63, 3.8) is 0 Å². The van der Waals surface area contributed by atoms with E-state index >= 15 is 0 Å². The molecule has 0 aliphatic rings. The summed E-state index contributed by atoms with van der Waals surface area (Å²) in [4.78, 5) is 22.6. The third-order valence-corrected chi connectivity index (χ3v) is 3.67. The summed E-state index contributed by atoms with van der Waals surface area (Å²) in [6.07, 6.45) is 1.35. The zero-order valence-corrected chi connectivity index (χ0v) is 15.0. The molecule has 0 fully saturated rings. The number of nitrogens with two attached hydrogens (primary N) is 1. The van der Waals surface area contributed by atoms with Crippen LogP contribution in [0.3, 0.4) is 0 Å². The number of hydrogen-bond donors (Lipinski definition) is 3. The van der Waals surface area contributed by atoms with Crippen molar-refractivity contribution in [2.24, 2.45) is 5.73 Å². The average molecular weight is 389 g/mol. The highest BCUT2D eigenvalue weighted by Crippen LogP contribution is 2.23. The van der Waals surface area contributed by atoms with Crippen LogP contribution in [0.4, 0.5) is 4.39 Å². The van der Waals surface area contributed by atoms with Gasteiger partial charge in [-0.1, -0.05) is 41.9 Å². The molecule has 0 saturated heterocycles. The summed E-state index contributed by atoms with van der Waals surface area (Å²) in [6.45, 7) is 0.121. The van der Waals surface area contributed by atoms with Crippen LogP contribution < -0.4 is 11.1 Å². The number of aromatic amines is 1. The summed E-state index contributed by atoms with van der Waals surface area (Å²) in [7, 11) is 0. The minimum absolute atomic E-state index is 0.0403. The standard InChI is InChI=1S/C13H13FN4O2.C6H5Cl/c14-10-4-2-1-3-8(10)12-9(7-17-18-12)13(20)16-6-5-11(15)19;7-6-4-2-1-3-5-6/h1-4,7H,5-6H2,(H2,15,19)(H,16,20)(H,17,18);1-5H. The number of carbonyl (C=O) groups is 2. The summed E-state index contributed by atoms with van der Waals surface area (Å²) in [6, 6.07) is 15.5. The van der Waals surface area contributed by atoms with Gasteiger partial charge in [0.2, 0.25) is 5.91 Å². The van der Waals surface area contributed by atoms with Crippen LogP contribution in [0.25, 0.3) is 11.3 Å². The predicted molar refractivity (Wildman–Crippen MR) is 102 cm³/mol. The maximum absolute atomic E-state index is 13.7. The molecule has 0 unspecified atom stereocenters. The number of primary amides is 1. The fraction of sp³-hybridized carbons (Fsp3) is 0.105. The van der Waals surface area contributed by atoms with Gasteiger partial charge < -0.3 is 11.1 Å². The third kappa shape index (κ3) is 6.23. The van der Waals surface area contributed by atoms with Gasteiger partial charge in [0, 0.05) is 23.6 Å². The Bertz CT molecular complexity index is 899. The van der Waals surface area contributed by atoms with Crippen molar-refractivity contribution in [2.75, 3.05) is 6.54 Å². The van der Waals surface area contributed by atoms with Gasteiger partial charge in [-0.15, -0.1) is 0 Å². The van der Waals surface area contributed by atoms with E-state index in [1.165, 1.54) is 12.3 Å². The monoisotopic (exact) mass is 388 g/mol.